The van der Waals surface area contributed by atoms with Gasteiger partial charge in [0.2, 0.25) is 0 Å². The van der Waals surface area contributed by atoms with E-state index in [2.05, 4.69) is 6.58 Å². The molecular formula is C8H14O. The van der Waals surface area contributed by atoms with Crippen LogP contribution in [0.15, 0.2) is 12.2 Å². The van der Waals surface area contributed by atoms with Crippen molar-refractivity contribution in [3.8, 4) is 0 Å². The van der Waals surface area contributed by atoms with Gasteiger partial charge in [0.1, 0.15) is 0 Å². The van der Waals surface area contributed by atoms with Crippen molar-refractivity contribution in [3.05, 3.63) is 12.2 Å². The third kappa shape index (κ3) is 1.16. The van der Waals surface area contributed by atoms with Crippen LogP contribution in [0.2, 0.25) is 0 Å². The molecule has 1 nitrogen and oxygen atoms in total. The highest BCUT2D eigenvalue weighted by atomic mass is 16.3. The van der Waals surface area contributed by atoms with Crippen molar-refractivity contribution in [1.82, 2.24) is 0 Å². The van der Waals surface area contributed by atoms with Crippen molar-refractivity contribution in [3.63, 3.8) is 0 Å². The molecule has 1 unspecified atom stereocenters. The highest BCUT2D eigenvalue weighted by molar-refractivity contribution is 5.13. The molecule has 0 amide bonds. The van der Waals surface area contributed by atoms with E-state index in [0.717, 1.165) is 5.57 Å². The SMILES string of the molecule is C=C(C)C(C)(O)C1CC1. The Morgan fingerprint density at radius 3 is 2.22 bits per heavy atom. The molecule has 0 aliphatic heterocycles. The molecule has 0 aromatic heterocycles. The zero-order chi connectivity index (χ0) is 7.07. The van der Waals surface area contributed by atoms with Crippen LogP contribution < -0.4 is 0 Å². The van der Waals surface area contributed by atoms with Gasteiger partial charge in [0, 0.05) is 0 Å². The largest absolute Gasteiger partial charge is 0.386 e. The van der Waals surface area contributed by atoms with Crippen LogP contribution in [-0.2, 0) is 0 Å². The van der Waals surface area contributed by atoms with E-state index < -0.39 is 5.60 Å². The van der Waals surface area contributed by atoms with Crippen LogP contribution >= 0.6 is 0 Å². The van der Waals surface area contributed by atoms with Gasteiger partial charge < -0.3 is 5.11 Å². The van der Waals surface area contributed by atoms with Gasteiger partial charge in [0.15, 0.2) is 0 Å². The predicted molar refractivity (Wildman–Crippen MR) is 38.2 cm³/mol. The first-order chi connectivity index (χ1) is 4.05. The summed E-state index contributed by atoms with van der Waals surface area (Å²) in [5.41, 5.74) is 0.310. The molecule has 1 aliphatic rings. The molecule has 1 fully saturated rings. The lowest BCUT2D eigenvalue weighted by Gasteiger charge is -2.22. The molecule has 0 saturated heterocycles. The van der Waals surface area contributed by atoms with E-state index >= 15 is 0 Å². The summed E-state index contributed by atoms with van der Waals surface area (Å²) in [5, 5.41) is 9.63. The first-order valence-corrected chi connectivity index (χ1v) is 3.43. The summed E-state index contributed by atoms with van der Waals surface area (Å²) >= 11 is 0. The van der Waals surface area contributed by atoms with Crippen LogP contribution in [0.1, 0.15) is 26.7 Å². The van der Waals surface area contributed by atoms with Gasteiger partial charge in [-0.25, -0.2) is 0 Å². The molecule has 0 bridgehead atoms. The van der Waals surface area contributed by atoms with E-state index in [-0.39, 0.29) is 0 Å². The topological polar surface area (TPSA) is 20.2 Å². The molecule has 1 rings (SSSR count). The van der Waals surface area contributed by atoms with Crippen LogP contribution in [0.3, 0.4) is 0 Å². The van der Waals surface area contributed by atoms with E-state index in [4.69, 9.17) is 0 Å². The van der Waals surface area contributed by atoms with Gasteiger partial charge in [-0.2, -0.15) is 0 Å². The van der Waals surface area contributed by atoms with Crippen LogP contribution in [0.5, 0.6) is 0 Å². The van der Waals surface area contributed by atoms with Crippen LogP contribution in [0.25, 0.3) is 0 Å². The average molecular weight is 126 g/mol. The Morgan fingerprint density at radius 2 is 2.11 bits per heavy atom. The van der Waals surface area contributed by atoms with E-state index in [9.17, 15) is 5.11 Å². The second-order valence-electron chi connectivity index (χ2n) is 3.20. The Balaban J connectivity index is 2.59. The smallest absolute Gasteiger partial charge is 0.0851 e. The summed E-state index contributed by atoms with van der Waals surface area (Å²) in [4.78, 5) is 0. The number of hydrogen-bond acceptors (Lipinski definition) is 1. The van der Waals surface area contributed by atoms with Crippen molar-refractivity contribution in [2.45, 2.75) is 32.3 Å². The van der Waals surface area contributed by atoms with Crippen molar-refractivity contribution in [1.29, 1.82) is 0 Å². The molecule has 0 aromatic carbocycles. The van der Waals surface area contributed by atoms with E-state index in [1.807, 2.05) is 13.8 Å². The summed E-state index contributed by atoms with van der Waals surface area (Å²) in [7, 11) is 0. The molecule has 1 atom stereocenters. The lowest BCUT2D eigenvalue weighted by molar-refractivity contribution is 0.0755. The summed E-state index contributed by atoms with van der Waals surface area (Å²) in [6, 6.07) is 0. The Bertz CT molecular complexity index is 132. The van der Waals surface area contributed by atoms with Gasteiger partial charge in [-0.15, -0.1) is 0 Å². The number of aliphatic hydroxyl groups is 1. The van der Waals surface area contributed by atoms with E-state index in [0.29, 0.717) is 5.92 Å². The van der Waals surface area contributed by atoms with Gasteiger partial charge in [-0.1, -0.05) is 6.58 Å². The summed E-state index contributed by atoms with van der Waals surface area (Å²) in [5.74, 6) is 0.495. The standard InChI is InChI=1S/C8H14O/c1-6(2)8(3,9)7-4-5-7/h7,9H,1,4-5H2,2-3H3. The predicted octanol–water partition coefficient (Wildman–Crippen LogP) is 1.72. The molecule has 1 aliphatic carbocycles. The first-order valence-electron chi connectivity index (χ1n) is 3.43. The quantitative estimate of drug-likeness (QED) is 0.558. The average Bonchev–Trinajstić information content (AvgIpc) is 2.42. The van der Waals surface area contributed by atoms with E-state index in [1.54, 1.807) is 0 Å². The first kappa shape index (κ1) is 6.81. The molecule has 0 spiro atoms. The fraction of sp³-hybridized carbons (Fsp3) is 0.750. The normalized spacial score (nSPS) is 25.2. The molecule has 0 aromatic rings. The monoisotopic (exact) mass is 126 g/mol. The Labute approximate surface area is 56.4 Å². The number of hydrogen-bond donors (Lipinski definition) is 1. The maximum atomic E-state index is 9.63. The van der Waals surface area contributed by atoms with Gasteiger partial charge >= 0.3 is 0 Å². The maximum absolute atomic E-state index is 9.63. The third-order valence-electron chi connectivity index (χ3n) is 2.24. The minimum Gasteiger partial charge on any atom is -0.386 e. The number of rotatable bonds is 2. The summed E-state index contributed by atoms with van der Waals surface area (Å²) in [6.07, 6.45) is 2.33. The van der Waals surface area contributed by atoms with Gasteiger partial charge in [-0.05, 0) is 38.2 Å². The fourth-order valence-electron chi connectivity index (χ4n) is 0.994. The van der Waals surface area contributed by atoms with Crippen LogP contribution in [-0.4, -0.2) is 10.7 Å². The lowest BCUT2D eigenvalue weighted by Crippen LogP contribution is -2.27. The molecular weight excluding hydrogens is 112 g/mol. The van der Waals surface area contributed by atoms with Gasteiger partial charge in [0.25, 0.3) is 0 Å². The van der Waals surface area contributed by atoms with Crippen molar-refractivity contribution in [2.75, 3.05) is 0 Å². The minimum atomic E-state index is -0.583. The highest BCUT2D eigenvalue weighted by Crippen LogP contribution is 2.42. The molecule has 1 heteroatoms. The zero-order valence-electron chi connectivity index (χ0n) is 6.15. The molecule has 1 N–H and O–H groups in total. The Hall–Kier alpha value is -0.300. The second-order valence-corrected chi connectivity index (χ2v) is 3.20. The highest BCUT2D eigenvalue weighted by Gasteiger charge is 2.40. The fourth-order valence-corrected chi connectivity index (χ4v) is 0.994. The Kier molecular flexibility index (Phi) is 1.39. The maximum Gasteiger partial charge on any atom is 0.0851 e. The second kappa shape index (κ2) is 1.84. The van der Waals surface area contributed by atoms with Crippen LogP contribution in [0.4, 0.5) is 0 Å². The lowest BCUT2D eigenvalue weighted by atomic mass is 9.93. The van der Waals surface area contributed by atoms with Gasteiger partial charge in [-0.3, -0.25) is 0 Å². The van der Waals surface area contributed by atoms with Crippen molar-refractivity contribution >= 4 is 0 Å². The molecule has 52 valence electrons. The van der Waals surface area contributed by atoms with Gasteiger partial charge in [0.05, 0.1) is 5.60 Å². The van der Waals surface area contributed by atoms with Crippen molar-refractivity contribution < 1.29 is 5.11 Å². The summed E-state index contributed by atoms with van der Waals surface area (Å²) < 4.78 is 0. The van der Waals surface area contributed by atoms with Crippen LogP contribution in [0, 0.1) is 5.92 Å². The minimum absolute atomic E-state index is 0.495. The Morgan fingerprint density at radius 1 is 1.67 bits per heavy atom. The molecule has 1 saturated carbocycles. The summed E-state index contributed by atoms with van der Waals surface area (Å²) in [6.45, 7) is 7.48. The molecule has 0 heterocycles. The third-order valence-corrected chi connectivity index (χ3v) is 2.24. The molecule has 0 radical (unpaired) electrons. The zero-order valence-corrected chi connectivity index (χ0v) is 6.15. The van der Waals surface area contributed by atoms with E-state index in [1.165, 1.54) is 12.8 Å². The van der Waals surface area contributed by atoms with Crippen molar-refractivity contribution in [2.24, 2.45) is 5.92 Å². The molecule has 9 heavy (non-hydrogen) atoms.